The van der Waals surface area contributed by atoms with Crippen molar-refractivity contribution >= 4 is 0 Å². The van der Waals surface area contributed by atoms with Crippen molar-refractivity contribution in [3.05, 3.63) is 0 Å². The van der Waals surface area contributed by atoms with Crippen LogP contribution in [0, 0.1) is 0 Å². The van der Waals surface area contributed by atoms with E-state index in [1.54, 1.807) is 0 Å². The molecule has 43 heavy (non-hydrogen) atoms. The van der Waals surface area contributed by atoms with Crippen LogP contribution in [0.1, 0.15) is 213 Å². The molecule has 0 fully saturated rings. The molecular weight excluding hydrogens is 524 g/mol. The van der Waals surface area contributed by atoms with Crippen LogP contribution in [0.15, 0.2) is 0 Å². The van der Waals surface area contributed by atoms with Gasteiger partial charge in [0.1, 0.15) is 0 Å². The number of unbranched alkanes of at least 4 members (excludes halogenated alkanes) is 27. The normalized spacial score (nSPS) is 11.9. The van der Waals surface area contributed by atoms with Crippen molar-refractivity contribution in [2.24, 2.45) is 0 Å². The van der Waals surface area contributed by atoms with Gasteiger partial charge >= 0.3 is 0 Å². The minimum Gasteiger partial charge on any atom is -0.395 e. The molecule has 0 aliphatic rings. The van der Waals surface area contributed by atoms with Crippen LogP contribution in [0.2, 0.25) is 0 Å². The summed E-state index contributed by atoms with van der Waals surface area (Å²) < 4.78 is 0. The van der Waals surface area contributed by atoms with Gasteiger partial charge in [0.15, 0.2) is 0 Å². The van der Waals surface area contributed by atoms with Gasteiger partial charge in [0.2, 0.25) is 0 Å². The van der Waals surface area contributed by atoms with Gasteiger partial charge in [0.05, 0.1) is 6.61 Å². The molecule has 0 rings (SSSR count). The quantitative estimate of drug-likeness (QED) is 0.0706. The summed E-state index contributed by atoms with van der Waals surface area (Å²) in [6.07, 6.45) is 42.3. The summed E-state index contributed by atoms with van der Waals surface area (Å²) in [4.78, 5) is 5.33. The number of hydrogen-bond acceptors (Lipinski definition) is 3. The smallest absolute Gasteiger partial charge is 0.0558 e. The van der Waals surface area contributed by atoms with E-state index in [2.05, 4.69) is 30.6 Å². The third kappa shape index (κ3) is 34.6. The van der Waals surface area contributed by atoms with E-state index in [1.165, 1.54) is 219 Å². The molecule has 0 aromatic rings. The molecule has 0 saturated carbocycles. The van der Waals surface area contributed by atoms with E-state index in [1.807, 2.05) is 0 Å². The van der Waals surface area contributed by atoms with Crippen LogP contribution in [0.5, 0.6) is 0 Å². The van der Waals surface area contributed by atoms with Gasteiger partial charge in [0, 0.05) is 19.6 Å². The molecule has 0 aliphatic carbocycles. The van der Waals surface area contributed by atoms with Crippen molar-refractivity contribution in [3.63, 3.8) is 0 Å². The number of nitrogens with zero attached hydrogens (tertiary/aromatic N) is 2. The molecule has 0 amide bonds. The summed E-state index contributed by atoms with van der Waals surface area (Å²) in [6, 6.07) is 0. The van der Waals surface area contributed by atoms with Crippen LogP contribution < -0.4 is 0 Å². The Morgan fingerprint density at radius 2 is 0.465 bits per heavy atom. The third-order valence-electron chi connectivity index (χ3n) is 9.63. The summed E-state index contributed by atoms with van der Waals surface area (Å²) in [5.74, 6) is 0. The first-order chi connectivity index (χ1) is 21.3. The Hall–Kier alpha value is -0.120. The van der Waals surface area contributed by atoms with E-state index in [0.717, 1.165) is 13.1 Å². The lowest BCUT2D eigenvalue weighted by atomic mass is 10.1. The highest BCUT2D eigenvalue weighted by atomic mass is 16.3. The number of aliphatic hydroxyl groups is 1. The van der Waals surface area contributed by atoms with E-state index < -0.39 is 0 Å². The standard InChI is InChI=1S/C40H84N2O/c1-4-7-10-13-16-19-22-25-28-31-34-41(35-32-29-26-23-20-17-14-11-8-5-2)37-38-42(39-40-43)36-33-30-27-24-21-18-15-12-9-6-3/h43H,4-40H2,1-3H3. The van der Waals surface area contributed by atoms with Gasteiger partial charge in [-0.3, -0.25) is 4.90 Å². The van der Waals surface area contributed by atoms with Crippen LogP contribution in [0.3, 0.4) is 0 Å². The SMILES string of the molecule is CCCCCCCCCCCCN(CCO)CCN(CCCCCCCCCCCC)CCCCCCCCCCCC. The van der Waals surface area contributed by atoms with Crippen molar-refractivity contribution in [1.82, 2.24) is 9.80 Å². The van der Waals surface area contributed by atoms with Crippen molar-refractivity contribution in [3.8, 4) is 0 Å². The Morgan fingerprint density at radius 3 is 0.698 bits per heavy atom. The van der Waals surface area contributed by atoms with Gasteiger partial charge in [-0.05, 0) is 38.9 Å². The first-order valence-corrected chi connectivity index (χ1v) is 20.3. The number of hydrogen-bond donors (Lipinski definition) is 1. The molecule has 260 valence electrons. The second kappa shape index (κ2) is 38.1. The van der Waals surface area contributed by atoms with Crippen molar-refractivity contribution < 1.29 is 5.11 Å². The second-order valence-electron chi connectivity index (χ2n) is 14.0. The summed E-state index contributed by atoms with van der Waals surface area (Å²) in [5.41, 5.74) is 0. The Morgan fingerprint density at radius 1 is 0.256 bits per heavy atom. The zero-order valence-electron chi connectivity index (χ0n) is 30.5. The molecule has 0 bridgehead atoms. The third-order valence-corrected chi connectivity index (χ3v) is 9.63. The lowest BCUT2D eigenvalue weighted by Crippen LogP contribution is -2.38. The number of rotatable bonds is 38. The van der Waals surface area contributed by atoms with Gasteiger partial charge in [-0.25, -0.2) is 0 Å². The van der Waals surface area contributed by atoms with Crippen molar-refractivity contribution in [2.45, 2.75) is 213 Å². The van der Waals surface area contributed by atoms with E-state index in [9.17, 15) is 5.11 Å². The minimum absolute atomic E-state index is 0.300. The van der Waals surface area contributed by atoms with E-state index in [-0.39, 0.29) is 0 Å². The molecular formula is C40H84N2O. The Balaban J connectivity index is 4.25. The van der Waals surface area contributed by atoms with Crippen molar-refractivity contribution in [2.75, 3.05) is 45.9 Å². The second-order valence-corrected chi connectivity index (χ2v) is 14.0. The van der Waals surface area contributed by atoms with Gasteiger partial charge in [-0.2, -0.15) is 0 Å². The maximum absolute atomic E-state index is 9.72. The lowest BCUT2D eigenvalue weighted by molar-refractivity contribution is 0.163. The predicted octanol–water partition coefficient (Wildman–Crippen LogP) is 12.3. The first kappa shape index (κ1) is 42.9. The molecule has 0 spiro atoms. The largest absolute Gasteiger partial charge is 0.395 e. The fourth-order valence-electron chi connectivity index (χ4n) is 6.56. The molecule has 0 aliphatic heterocycles. The lowest BCUT2D eigenvalue weighted by Gasteiger charge is -2.27. The average Bonchev–Trinajstić information content (AvgIpc) is 3.01. The van der Waals surface area contributed by atoms with Crippen molar-refractivity contribution in [1.29, 1.82) is 0 Å². The monoisotopic (exact) mass is 609 g/mol. The first-order valence-electron chi connectivity index (χ1n) is 20.3. The minimum atomic E-state index is 0.300. The molecule has 0 atom stereocenters. The number of aliphatic hydroxyl groups excluding tert-OH is 1. The van der Waals surface area contributed by atoms with Gasteiger partial charge in [-0.1, -0.05) is 194 Å². The molecule has 0 radical (unpaired) electrons. The maximum atomic E-state index is 9.72. The highest BCUT2D eigenvalue weighted by Gasteiger charge is 2.10. The summed E-state index contributed by atoms with van der Waals surface area (Å²) in [6.45, 7) is 14.1. The van der Waals surface area contributed by atoms with Crippen LogP contribution in [0.4, 0.5) is 0 Å². The zero-order valence-corrected chi connectivity index (χ0v) is 30.5. The predicted molar refractivity (Wildman–Crippen MR) is 195 cm³/mol. The molecule has 0 saturated heterocycles. The van der Waals surface area contributed by atoms with E-state index in [4.69, 9.17) is 0 Å². The summed E-state index contributed by atoms with van der Waals surface area (Å²) in [7, 11) is 0. The molecule has 0 heterocycles. The Kier molecular flexibility index (Phi) is 38.0. The van der Waals surface area contributed by atoms with Crippen LogP contribution in [0.25, 0.3) is 0 Å². The summed E-state index contributed by atoms with van der Waals surface area (Å²) >= 11 is 0. The molecule has 0 aromatic heterocycles. The molecule has 1 N–H and O–H groups in total. The fraction of sp³-hybridized carbons (Fsp3) is 1.00. The molecule has 0 unspecified atom stereocenters. The topological polar surface area (TPSA) is 26.7 Å². The molecule has 3 heteroatoms. The summed E-state index contributed by atoms with van der Waals surface area (Å²) in [5, 5.41) is 9.72. The van der Waals surface area contributed by atoms with Crippen LogP contribution >= 0.6 is 0 Å². The van der Waals surface area contributed by atoms with Gasteiger partial charge in [-0.15, -0.1) is 0 Å². The maximum Gasteiger partial charge on any atom is 0.0558 e. The fourth-order valence-corrected chi connectivity index (χ4v) is 6.56. The Labute approximate surface area is 273 Å². The zero-order chi connectivity index (χ0) is 31.3. The van der Waals surface area contributed by atoms with Crippen LogP contribution in [-0.2, 0) is 0 Å². The molecule has 0 aromatic carbocycles. The highest BCUT2D eigenvalue weighted by Crippen LogP contribution is 2.14. The highest BCUT2D eigenvalue weighted by molar-refractivity contribution is 4.65. The molecule has 3 nitrogen and oxygen atoms in total. The van der Waals surface area contributed by atoms with E-state index >= 15 is 0 Å². The van der Waals surface area contributed by atoms with Gasteiger partial charge in [0.25, 0.3) is 0 Å². The van der Waals surface area contributed by atoms with E-state index in [0.29, 0.717) is 6.61 Å². The Bertz CT molecular complexity index is 461. The van der Waals surface area contributed by atoms with Gasteiger partial charge < -0.3 is 10.0 Å². The average molecular weight is 609 g/mol. The van der Waals surface area contributed by atoms with Crippen LogP contribution in [-0.4, -0.2) is 60.8 Å².